The Morgan fingerprint density at radius 1 is 1.34 bits per heavy atom. The molecule has 5 heteroatoms. The van der Waals surface area contributed by atoms with Gasteiger partial charge in [0.25, 0.3) is 0 Å². The molecule has 1 aromatic carbocycles. The van der Waals surface area contributed by atoms with Gasteiger partial charge >= 0.3 is 0 Å². The Labute approximate surface area is 175 Å². The van der Waals surface area contributed by atoms with Crippen molar-refractivity contribution in [3.05, 3.63) is 59.5 Å². The Balaban J connectivity index is 3.63. The van der Waals surface area contributed by atoms with E-state index >= 15 is 0 Å². The van der Waals surface area contributed by atoms with E-state index in [1.54, 1.807) is 7.11 Å². The molecule has 0 radical (unpaired) electrons. The van der Waals surface area contributed by atoms with Crippen molar-refractivity contribution in [3.63, 3.8) is 0 Å². The summed E-state index contributed by atoms with van der Waals surface area (Å²) in [5, 5.41) is 9.97. The number of aryl methyl sites for hydroxylation is 1. The lowest BCUT2D eigenvalue weighted by molar-refractivity contribution is -0.0529. The highest BCUT2D eigenvalue weighted by Gasteiger charge is 2.12. The van der Waals surface area contributed by atoms with E-state index < -0.39 is 0 Å². The van der Waals surface area contributed by atoms with Crippen molar-refractivity contribution in [1.29, 1.82) is 0 Å². The van der Waals surface area contributed by atoms with Gasteiger partial charge in [0, 0.05) is 17.7 Å². The van der Waals surface area contributed by atoms with Gasteiger partial charge in [-0.05, 0) is 67.7 Å². The first-order chi connectivity index (χ1) is 13.9. The van der Waals surface area contributed by atoms with Gasteiger partial charge in [0.2, 0.25) is 0 Å². The van der Waals surface area contributed by atoms with E-state index in [1.165, 1.54) is 12.3 Å². The topological polar surface area (TPSA) is 71.1 Å². The summed E-state index contributed by atoms with van der Waals surface area (Å²) in [6, 6.07) is 5.99. The highest BCUT2D eigenvalue weighted by Crippen LogP contribution is 2.27. The molecule has 0 atom stereocenters. The minimum absolute atomic E-state index is 0.311. The van der Waals surface area contributed by atoms with Crippen LogP contribution in [0.2, 0.25) is 0 Å². The molecule has 29 heavy (non-hydrogen) atoms. The standard InChI is InChI=1S/C24H33N3O2/c1-7-10-11-13-23(22-15-14-21(29-6)16-18(22)4)19(5)24(12-8-2)26-17-20(9-3)27(25)28/h9,14-17,28H,3,7-8,10,12,25H2,1-2,4-6H3/b20-17+,23-19+,26-24-. The van der Waals surface area contributed by atoms with Crippen LogP contribution < -0.4 is 10.6 Å². The molecule has 0 aliphatic heterocycles. The van der Waals surface area contributed by atoms with E-state index in [9.17, 15) is 5.21 Å². The Morgan fingerprint density at radius 2 is 2.07 bits per heavy atom. The third-order valence-corrected chi connectivity index (χ3v) is 4.41. The average Bonchev–Trinajstić information content (AvgIpc) is 2.70. The number of unbranched alkanes of at least 4 members (excludes halogenated alkanes) is 1. The van der Waals surface area contributed by atoms with E-state index in [-0.39, 0.29) is 0 Å². The lowest BCUT2D eigenvalue weighted by Gasteiger charge is -2.14. The number of methoxy groups -OCH3 is 1. The smallest absolute Gasteiger partial charge is 0.119 e. The van der Waals surface area contributed by atoms with Gasteiger partial charge in [0.15, 0.2) is 0 Å². The predicted octanol–water partition coefficient (Wildman–Crippen LogP) is 5.41. The van der Waals surface area contributed by atoms with Crippen molar-refractivity contribution in [1.82, 2.24) is 5.17 Å². The summed E-state index contributed by atoms with van der Waals surface area (Å²) in [6.45, 7) is 11.9. The highest BCUT2D eigenvalue weighted by atomic mass is 16.5. The Kier molecular flexibility index (Phi) is 10.5. The van der Waals surface area contributed by atoms with Crippen molar-refractivity contribution >= 4 is 11.3 Å². The van der Waals surface area contributed by atoms with Crippen molar-refractivity contribution in [2.24, 2.45) is 10.8 Å². The van der Waals surface area contributed by atoms with Crippen LogP contribution in [-0.2, 0) is 0 Å². The van der Waals surface area contributed by atoms with E-state index in [4.69, 9.17) is 10.6 Å². The minimum Gasteiger partial charge on any atom is -0.497 e. The number of benzene rings is 1. The van der Waals surface area contributed by atoms with Gasteiger partial charge in [-0.2, -0.15) is 5.17 Å². The average molecular weight is 396 g/mol. The van der Waals surface area contributed by atoms with E-state index in [0.29, 0.717) is 10.9 Å². The van der Waals surface area contributed by atoms with Crippen LogP contribution in [-0.4, -0.2) is 23.2 Å². The fourth-order valence-electron chi connectivity index (χ4n) is 2.76. The molecule has 0 amide bonds. The van der Waals surface area contributed by atoms with Crippen LogP contribution in [0.15, 0.2) is 53.3 Å². The SMILES string of the molecule is C=C\C(=C/N=C(CCC)\C(C)=C(/C#CCCC)c1ccc(OC)cc1C)N(N)O. The Morgan fingerprint density at radius 3 is 2.59 bits per heavy atom. The maximum absolute atomic E-state index is 9.47. The largest absolute Gasteiger partial charge is 0.497 e. The van der Waals surface area contributed by atoms with Crippen LogP contribution in [0.25, 0.3) is 5.57 Å². The van der Waals surface area contributed by atoms with Crippen molar-refractivity contribution in [3.8, 4) is 17.6 Å². The van der Waals surface area contributed by atoms with E-state index in [0.717, 1.165) is 59.4 Å². The van der Waals surface area contributed by atoms with Crippen LogP contribution in [0.4, 0.5) is 0 Å². The molecule has 3 N–H and O–H groups in total. The van der Waals surface area contributed by atoms with Crippen LogP contribution in [0, 0.1) is 18.8 Å². The quantitative estimate of drug-likeness (QED) is 0.193. The van der Waals surface area contributed by atoms with Crippen LogP contribution >= 0.6 is 0 Å². The number of hydrogen-bond donors (Lipinski definition) is 2. The summed E-state index contributed by atoms with van der Waals surface area (Å²) in [5.41, 5.74) is 5.31. The fraction of sp³-hybridized carbons (Fsp3) is 0.375. The second kappa shape index (κ2) is 12.6. The number of allylic oxidation sites excluding steroid dienone is 3. The minimum atomic E-state index is 0.311. The van der Waals surface area contributed by atoms with Crippen molar-refractivity contribution in [2.45, 2.75) is 53.4 Å². The molecule has 1 rings (SSSR count). The van der Waals surface area contributed by atoms with Crippen molar-refractivity contribution in [2.75, 3.05) is 7.11 Å². The highest BCUT2D eigenvalue weighted by molar-refractivity contribution is 6.09. The third kappa shape index (κ3) is 7.26. The summed E-state index contributed by atoms with van der Waals surface area (Å²) in [6.07, 6.45) is 6.50. The Hall–Kier alpha value is -2.81. The molecular weight excluding hydrogens is 362 g/mol. The summed E-state index contributed by atoms with van der Waals surface area (Å²) in [5.74, 6) is 12.8. The molecule has 0 heterocycles. The first kappa shape index (κ1) is 24.2. The van der Waals surface area contributed by atoms with Crippen LogP contribution in [0.1, 0.15) is 57.6 Å². The van der Waals surface area contributed by atoms with Gasteiger partial charge in [-0.25, -0.2) is 5.84 Å². The molecule has 0 aromatic heterocycles. The maximum atomic E-state index is 9.47. The van der Waals surface area contributed by atoms with Gasteiger partial charge in [-0.1, -0.05) is 38.7 Å². The predicted molar refractivity (Wildman–Crippen MR) is 121 cm³/mol. The van der Waals surface area contributed by atoms with Gasteiger partial charge < -0.3 is 4.74 Å². The maximum Gasteiger partial charge on any atom is 0.119 e. The summed E-state index contributed by atoms with van der Waals surface area (Å²) >= 11 is 0. The summed E-state index contributed by atoms with van der Waals surface area (Å²) < 4.78 is 5.34. The molecule has 0 spiro atoms. The second-order valence-corrected chi connectivity index (χ2v) is 6.66. The molecule has 156 valence electrons. The number of hydroxylamine groups is 1. The van der Waals surface area contributed by atoms with Gasteiger partial charge in [0.1, 0.15) is 5.75 Å². The molecule has 0 aliphatic rings. The third-order valence-electron chi connectivity index (χ3n) is 4.41. The fourth-order valence-corrected chi connectivity index (χ4v) is 2.76. The number of ether oxygens (including phenoxy) is 1. The summed E-state index contributed by atoms with van der Waals surface area (Å²) in [4.78, 5) is 4.60. The molecular formula is C24H33N3O2. The molecule has 0 aliphatic carbocycles. The van der Waals surface area contributed by atoms with E-state index in [1.807, 2.05) is 25.1 Å². The number of nitrogens with zero attached hydrogens (tertiary/aromatic N) is 2. The zero-order chi connectivity index (χ0) is 21.8. The monoisotopic (exact) mass is 395 g/mol. The molecule has 0 saturated carbocycles. The first-order valence-electron chi connectivity index (χ1n) is 9.87. The lowest BCUT2D eigenvalue weighted by atomic mass is 9.93. The zero-order valence-electron chi connectivity index (χ0n) is 18.2. The Bertz CT molecular complexity index is 853. The van der Waals surface area contributed by atoms with Crippen molar-refractivity contribution < 1.29 is 9.94 Å². The molecule has 5 nitrogen and oxygen atoms in total. The van der Waals surface area contributed by atoms with Gasteiger partial charge in [-0.15, -0.1) is 0 Å². The molecule has 1 aromatic rings. The molecule has 0 bridgehead atoms. The van der Waals surface area contributed by atoms with Crippen LogP contribution in [0.3, 0.4) is 0 Å². The zero-order valence-corrected chi connectivity index (χ0v) is 18.2. The normalized spacial score (nSPS) is 12.7. The second-order valence-electron chi connectivity index (χ2n) is 6.66. The number of aliphatic imine (C=N–C) groups is 1. The molecule has 0 saturated heterocycles. The number of rotatable bonds is 9. The number of nitrogens with two attached hydrogens (primary N) is 1. The van der Waals surface area contributed by atoms with E-state index in [2.05, 4.69) is 44.2 Å². The van der Waals surface area contributed by atoms with Gasteiger partial charge in [-0.3, -0.25) is 10.2 Å². The molecule has 0 fully saturated rings. The number of hydrazine groups is 1. The summed E-state index contributed by atoms with van der Waals surface area (Å²) in [7, 11) is 1.66. The number of hydrogen-bond acceptors (Lipinski definition) is 5. The first-order valence-corrected chi connectivity index (χ1v) is 9.87. The molecule has 0 unspecified atom stereocenters. The van der Waals surface area contributed by atoms with Crippen LogP contribution in [0.5, 0.6) is 5.75 Å². The lowest BCUT2D eigenvalue weighted by Crippen LogP contribution is -2.24. The van der Waals surface area contributed by atoms with Gasteiger partial charge in [0.05, 0.1) is 19.0 Å².